The Hall–Kier alpha value is -3.45. The van der Waals surface area contributed by atoms with Crippen LogP contribution >= 0.6 is 0 Å². The van der Waals surface area contributed by atoms with Gasteiger partial charge in [0.2, 0.25) is 0 Å². The molecular weight excluding hydrogens is 470 g/mol. The fraction of sp³-hybridized carbons (Fsp3) is 0.433. The number of nitrogens with one attached hydrogen (secondary N) is 1. The first-order valence-electron chi connectivity index (χ1n) is 13.2. The molecule has 5 aliphatic rings. The van der Waals surface area contributed by atoms with Crippen molar-refractivity contribution in [2.45, 2.75) is 43.5 Å². The van der Waals surface area contributed by atoms with E-state index in [9.17, 15) is 14.4 Å². The van der Waals surface area contributed by atoms with Crippen molar-refractivity contribution < 1.29 is 28.6 Å². The average molecular weight is 500 g/mol. The summed E-state index contributed by atoms with van der Waals surface area (Å²) < 4.78 is 18.1. The number of allylic oxidation sites excluding steroid dienone is 1. The minimum atomic E-state index is -0.738. The summed E-state index contributed by atoms with van der Waals surface area (Å²) in [6, 6.07) is 17.6. The molecule has 4 fully saturated rings. The van der Waals surface area contributed by atoms with Gasteiger partial charge in [0, 0.05) is 24.7 Å². The van der Waals surface area contributed by atoms with Crippen LogP contribution in [0.4, 0.5) is 0 Å². The van der Waals surface area contributed by atoms with Crippen LogP contribution in [-0.4, -0.2) is 43.2 Å². The highest BCUT2D eigenvalue weighted by Crippen LogP contribution is 2.59. The van der Waals surface area contributed by atoms with E-state index >= 15 is 0 Å². The van der Waals surface area contributed by atoms with Crippen LogP contribution < -0.4 is 5.32 Å². The van der Waals surface area contributed by atoms with Crippen LogP contribution in [0.5, 0.6) is 0 Å². The van der Waals surface area contributed by atoms with Gasteiger partial charge in [-0.15, -0.1) is 0 Å². The molecule has 1 N–H and O–H groups in total. The molecule has 190 valence electrons. The molecule has 3 aliphatic carbocycles. The number of carbonyl (C=O) groups is 3. The molecule has 7 heteroatoms. The zero-order chi connectivity index (χ0) is 25.1. The summed E-state index contributed by atoms with van der Waals surface area (Å²) >= 11 is 0. The number of hydrogen-bond acceptors (Lipinski definition) is 7. The molecule has 0 aromatic heterocycles. The first-order valence-corrected chi connectivity index (χ1v) is 13.2. The molecule has 2 aromatic carbocycles. The van der Waals surface area contributed by atoms with Crippen molar-refractivity contribution in [1.82, 2.24) is 5.32 Å². The predicted molar refractivity (Wildman–Crippen MR) is 133 cm³/mol. The molecule has 7 rings (SSSR count). The standard InChI is InChI=1S/C30H29NO6/c32-27(20-11-10-17-6-4-5-9-19(17)20)35-25-22-16-21-23(28(33)36-26(21)25)24(22)29(34)37-30(12-14-31-15-13-30)18-7-2-1-3-8-18/h1-9,11,21-26,31H,10,12-16H2. The van der Waals surface area contributed by atoms with Crippen LogP contribution in [0.25, 0.3) is 5.57 Å². The van der Waals surface area contributed by atoms with Crippen LogP contribution in [0.2, 0.25) is 0 Å². The van der Waals surface area contributed by atoms with E-state index in [1.807, 2.05) is 60.7 Å². The van der Waals surface area contributed by atoms with Crippen LogP contribution in [0, 0.1) is 23.7 Å². The highest BCUT2D eigenvalue weighted by atomic mass is 16.6. The molecule has 7 nitrogen and oxygen atoms in total. The molecule has 6 atom stereocenters. The van der Waals surface area contributed by atoms with Gasteiger partial charge < -0.3 is 19.5 Å². The number of ether oxygens (including phenoxy) is 3. The molecule has 0 radical (unpaired) electrons. The van der Waals surface area contributed by atoms with Crippen molar-refractivity contribution in [1.29, 1.82) is 0 Å². The predicted octanol–water partition coefficient (Wildman–Crippen LogP) is 3.17. The lowest BCUT2D eigenvalue weighted by Gasteiger charge is -2.39. The first kappa shape index (κ1) is 22.7. The van der Waals surface area contributed by atoms with Crippen LogP contribution in [0.15, 0.2) is 60.7 Å². The normalized spacial score (nSPS) is 32.4. The molecule has 2 aliphatic heterocycles. The SMILES string of the molecule is O=C(OC1C2CC3C1OC(=O)C3C2C(=O)OC1(c2ccccc2)CCNCC1)C1=CCc2ccccc21. The van der Waals surface area contributed by atoms with E-state index in [2.05, 4.69) is 5.32 Å². The van der Waals surface area contributed by atoms with Crippen molar-refractivity contribution >= 4 is 23.5 Å². The number of fused-ring (bicyclic) bond motifs is 2. The van der Waals surface area contributed by atoms with Gasteiger partial charge in [-0.1, -0.05) is 60.7 Å². The van der Waals surface area contributed by atoms with Crippen molar-refractivity contribution in [2.24, 2.45) is 23.7 Å². The highest BCUT2D eigenvalue weighted by molar-refractivity contribution is 6.18. The third-order valence-corrected chi connectivity index (χ3v) is 9.12. The number of rotatable bonds is 5. The molecule has 2 heterocycles. The van der Waals surface area contributed by atoms with Gasteiger partial charge in [-0.3, -0.25) is 9.59 Å². The van der Waals surface area contributed by atoms with Gasteiger partial charge in [0.25, 0.3) is 0 Å². The molecular formula is C30H29NO6. The van der Waals surface area contributed by atoms with Crippen molar-refractivity contribution in [3.63, 3.8) is 0 Å². The van der Waals surface area contributed by atoms with Gasteiger partial charge in [-0.2, -0.15) is 0 Å². The van der Waals surface area contributed by atoms with Gasteiger partial charge in [0.05, 0.1) is 17.4 Å². The van der Waals surface area contributed by atoms with E-state index in [1.165, 1.54) is 0 Å². The summed E-state index contributed by atoms with van der Waals surface area (Å²) in [6.45, 7) is 1.48. The molecule has 37 heavy (non-hydrogen) atoms. The molecule has 2 bridgehead atoms. The zero-order valence-electron chi connectivity index (χ0n) is 20.4. The van der Waals surface area contributed by atoms with Gasteiger partial charge in [-0.05, 0) is 42.6 Å². The zero-order valence-corrected chi connectivity index (χ0v) is 20.4. The smallest absolute Gasteiger partial charge is 0.338 e. The maximum absolute atomic E-state index is 13.9. The topological polar surface area (TPSA) is 90.9 Å². The second-order valence-electron chi connectivity index (χ2n) is 10.9. The summed E-state index contributed by atoms with van der Waals surface area (Å²) in [6.07, 6.45) is 3.37. The summed E-state index contributed by atoms with van der Waals surface area (Å²) in [5, 5.41) is 3.35. The Morgan fingerprint density at radius 1 is 0.973 bits per heavy atom. The van der Waals surface area contributed by atoms with Crippen LogP contribution in [0.3, 0.4) is 0 Å². The van der Waals surface area contributed by atoms with E-state index in [1.54, 1.807) is 0 Å². The second kappa shape index (κ2) is 8.55. The van der Waals surface area contributed by atoms with E-state index in [0.29, 0.717) is 31.3 Å². The third-order valence-electron chi connectivity index (χ3n) is 9.12. The second-order valence-corrected chi connectivity index (χ2v) is 10.9. The highest BCUT2D eigenvalue weighted by Gasteiger charge is 2.70. The monoisotopic (exact) mass is 499 g/mol. The Kier molecular flexibility index (Phi) is 5.25. The summed E-state index contributed by atoms with van der Waals surface area (Å²) in [5.74, 6) is -2.80. The number of benzene rings is 2. The number of piperidine rings is 1. The molecule has 0 amide bonds. The van der Waals surface area contributed by atoms with Gasteiger partial charge in [-0.25, -0.2) is 4.79 Å². The van der Waals surface area contributed by atoms with Crippen molar-refractivity contribution in [3.05, 3.63) is 77.4 Å². The molecule has 2 saturated carbocycles. The van der Waals surface area contributed by atoms with E-state index in [0.717, 1.165) is 29.8 Å². The van der Waals surface area contributed by atoms with Crippen LogP contribution in [0.1, 0.15) is 36.0 Å². The van der Waals surface area contributed by atoms with Gasteiger partial charge >= 0.3 is 17.9 Å². The lowest BCUT2D eigenvalue weighted by atomic mass is 9.78. The summed E-state index contributed by atoms with van der Waals surface area (Å²) in [5.41, 5.74) is 2.73. The Balaban J connectivity index is 1.15. The maximum atomic E-state index is 13.9. The molecule has 2 saturated heterocycles. The van der Waals surface area contributed by atoms with Crippen molar-refractivity contribution in [2.75, 3.05) is 13.1 Å². The van der Waals surface area contributed by atoms with Crippen LogP contribution in [-0.2, 0) is 40.6 Å². The largest absolute Gasteiger partial charge is 0.458 e. The molecule has 0 spiro atoms. The van der Waals surface area contributed by atoms with Crippen molar-refractivity contribution in [3.8, 4) is 0 Å². The van der Waals surface area contributed by atoms with Gasteiger partial charge in [0.1, 0.15) is 17.8 Å². The van der Waals surface area contributed by atoms with E-state index in [4.69, 9.17) is 14.2 Å². The number of hydrogen-bond donors (Lipinski definition) is 1. The average Bonchev–Trinajstić information content (AvgIpc) is 3.66. The number of carbonyl (C=O) groups excluding carboxylic acids is 3. The Morgan fingerprint density at radius 2 is 1.73 bits per heavy atom. The van der Waals surface area contributed by atoms with E-state index < -0.39 is 35.6 Å². The minimum Gasteiger partial charge on any atom is -0.458 e. The quantitative estimate of drug-likeness (QED) is 0.499. The Morgan fingerprint density at radius 3 is 2.54 bits per heavy atom. The first-order chi connectivity index (χ1) is 18.1. The fourth-order valence-corrected chi connectivity index (χ4v) is 7.41. The fourth-order valence-electron chi connectivity index (χ4n) is 7.41. The number of esters is 3. The lowest BCUT2D eigenvalue weighted by Crippen LogP contribution is -2.48. The Labute approximate surface area is 215 Å². The minimum absolute atomic E-state index is 0.126. The molecule has 2 aromatic rings. The van der Waals surface area contributed by atoms with E-state index in [-0.39, 0.29) is 23.8 Å². The lowest BCUT2D eigenvalue weighted by molar-refractivity contribution is -0.177. The van der Waals surface area contributed by atoms with Gasteiger partial charge in [0.15, 0.2) is 0 Å². The molecule has 6 unspecified atom stereocenters. The maximum Gasteiger partial charge on any atom is 0.338 e. The Bertz CT molecular complexity index is 1300. The summed E-state index contributed by atoms with van der Waals surface area (Å²) in [4.78, 5) is 40.0. The third kappa shape index (κ3) is 3.47. The summed E-state index contributed by atoms with van der Waals surface area (Å²) in [7, 11) is 0.